The quantitative estimate of drug-likeness (QED) is 0.881. The Hall–Kier alpha value is -1.36. The number of aliphatic hydroxyl groups is 1. The first kappa shape index (κ1) is 16.8. The fourth-order valence-electron chi connectivity index (χ4n) is 7.03. The Labute approximate surface area is 155 Å². The molecular formula is C21H31N3O2. The summed E-state index contributed by atoms with van der Waals surface area (Å²) in [6.45, 7) is 2.92. The lowest BCUT2D eigenvalue weighted by Crippen LogP contribution is -2.64. The maximum Gasteiger partial charge on any atom is 0.229 e. The summed E-state index contributed by atoms with van der Waals surface area (Å²) in [5.74, 6) is 0.851. The van der Waals surface area contributed by atoms with Crippen LogP contribution in [0.15, 0.2) is 12.4 Å². The maximum absolute atomic E-state index is 13.9. The van der Waals surface area contributed by atoms with Crippen molar-refractivity contribution in [2.45, 2.75) is 82.9 Å². The molecule has 0 saturated heterocycles. The van der Waals surface area contributed by atoms with Crippen molar-refractivity contribution >= 4 is 5.91 Å². The first-order valence-corrected chi connectivity index (χ1v) is 10.4. The van der Waals surface area contributed by atoms with Crippen LogP contribution in [0.2, 0.25) is 0 Å². The molecule has 0 aliphatic heterocycles. The number of carbonyl (C=O) groups is 1. The van der Waals surface area contributed by atoms with E-state index < -0.39 is 5.60 Å². The van der Waals surface area contributed by atoms with Crippen LogP contribution in [0.1, 0.15) is 70.3 Å². The normalized spacial score (nSPS) is 40.8. The highest BCUT2D eigenvalue weighted by molar-refractivity contribution is 5.84. The van der Waals surface area contributed by atoms with Crippen LogP contribution in [-0.4, -0.2) is 37.3 Å². The molecule has 5 aliphatic carbocycles. The van der Waals surface area contributed by atoms with E-state index in [1.165, 1.54) is 6.42 Å². The number of aryl methyl sites for hydroxylation is 1. The molecule has 0 radical (unpaired) electrons. The van der Waals surface area contributed by atoms with Gasteiger partial charge in [0.1, 0.15) is 0 Å². The smallest absolute Gasteiger partial charge is 0.229 e. The summed E-state index contributed by atoms with van der Waals surface area (Å²) in [5, 5.41) is 15.5. The molecule has 5 aliphatic rings. The molecule has 1 amide bonds. The summed E-state index contributed by atoms with van der Waals surface area (Å²) in [4.78, 5) is 16.0. The van der Waals surface area contributed by atoms with Crippen LogP contribution in [0, 0.1) is 16.7 Å². The molecule has 4 atom stereocenters. The summed E-state index contributed by atoms with van der Waals surface area (Å²) in [7, 11) is 1.92. The lowest BCUT2D eigenvalue weighted by Gasteiger charge is -2.64. The predicted molar refractivity (Wildman–Crippen MR) is 98.1 cm³/mol. The Morgan fingerprint density at radius 2 is 2.12 bits per heavy atom. The average Bonchev–Trinajstić information content (AvgIpc) is 3.32. The molecule has 1 heterocycles. The Kier molecular flexibility index (Phi) is 3.45. The molecule has 5 nitrogen and oxygen atoms in total. The molecule has 1 aromatic heterocycles. The van der Waals surface area contributed by atoms with Crippen molar-refractivity contribution < 1.29 is 9.90 Å². The Balaban J connectivity index is 1.46. The van der Waals surface area contributed by atoms with E-state index >= 15 is 0 Å². The van der Waals surface area contributed by atoms with E-state index in [4.69, 9.17) is 0 Å². The summed E-state index contributed by atoms with van der Waals surface area (Å²) in [6.07, 6.45) is 12.9. The molecule has 6 rings (SSSR count). The van der Waals surface area contributed by atoms with Gasteiger partial charge in [-0.15, -0.1) is 0 Å². The fourth-order valence-corrected chi connectivity index (χ4v) is 7.03. The monoisotopic (exact) mass is 357 g/mol. The highest BCUT2D eigenvalue weighted by Crippen LogP contribution is 2.68. The van der Waals surface area contributed by atoms with Gasteiger partial charge in [0.2, 0.25) is 5.91 Å². The van der Waals surface area contributed by atoms with Gasteiger partial charge in [-0.05, 0) is 62.7 Å². The number of nitrogens with zero attached hydrogens (tertiary/aromatic N) is 3. The van der Waals surface area contributed by atoms with E-state index in [9.17, 15) is 9.90 Å². The maximum atomic E-state index is 13.9. The fraction of sp³-hybridized carbons (Fsp3) is 0.810. The summed E-state index contributed by atoms with van der Waals surface area (Å²) >= 11 is 0. The van der Waals surface area contributed by atoms with Gasteiger partial charge >= 0.3 is 0 Å². The van der Waals surface area contributed by atoms with Crippen LogP contribution in [-0.2, 0) is 18.4 Å². The van der Waals surface area contributed by atoms with Crippen LogP contribution in [0.5, 0.6) is 0 Å². The molecular weight excluding hydrogens is 326 g/mol. The van der Waals surface area contributed by atoms with Crippen LogP contribution in [0.3, 0.4) is 0 Å². The van der Waals surface area contributed by atoms with Crippen molar-refractivity contribution in [3.8, 4) is 0 Å². The van der Waals surface area contributed by atoms with Crippen molar-refractivity contribution in [1.82, 2.24) is 14.7 Å². The number of hydrogen-bond acceptors (Lipinski definition) is 3. The minimum atomic E-state index is -0.603. The molecule has 5 heteroatoms. The van der Waals surface area contributed by atoms with Gasteiger partial charge in [-0.2, -0.15) is 5.10 Å². The molecule has 142 valence electrons. The minimum absolute atomic E-state index is 0.188. The largest absolute Gasteiger partial charge is 0.390 e. The zero-order valence-corrected chi connectivity index (χ0v) is 16.1. The third-order valence-electron chi connectivity index (χ3n) is 7.72. The van der Waals surface area contributed by atoms with Gasteiger partial charge < -0.3 is 10.0 Å². The van der Waals surface area contributed by atoms with E-state index in [0.717, 1.165) is 50.5 Å². The number of amides is 1. The van der Waals surface area contributed by atoms with Gasteiger partial charge in [-0.1, -0.05) is 13.3 Å². The topological polar surface area (TPSA) is 58.4 Å². The number of hydrogen-bond donors (Lipinski definition) is 1. The summed E-state index contributed by atoms with van der Waals surface area (Å²) in [5.41, 5.74) is 0.373. The van der Waals surface area contributed by atoms with Crippen molar-refractivity contribution in [2.75, 3.05) is 0 Å². The molecule has 0 aromatic carbocycles. The van der Waals surface area contributed by atoms with Gasteiger partial charge in [0.25, 0.3) is 0 Å². The third-order valence-corrected chi connectivity index (χ3v) is 7.72. The molecule has 0 unspecified atom stereocenters. The second-order valence-electron chi connectivity index (χ2n) is 10.1. The van der Waals surface area contributed by atoms with Crippen molar-refractivity contribution in [3.63, 3.8) is 0 Å². The van der Waals surface area contributed by atoms with Crippen LogP contribution in [0.25, 0.3) is 0 Å². The minimum Gasteiger partial charge on any atom is -0.390 e. The first-order valence-electron chi connectivity index (χ1n) is 10.4. The molecule has 1 N–H and O–H groups in total. The Morgan fingerprint density at radius 3 is 2.73 bits per heavy atom. The van der Waals surface area contributed by atoms with Gasteiger partial charge in [0.15, 0.2) is 0 Å². The number of carbonyl (C=O) groups excluding carboxylic acids is 1. The van der Waals surface area contributed by atoms with Gasteiger partial charge in [0.05, 0.1) is 17.2 Å². The van der Waals surface area contributed by atoms with Crippen LogP contribution >= 0.6 is 0 Å². The number of rotatable bonds is 5. The van der Waals surface area contributed by atoms with Crippen LogP contribution in [0.4, 0.5) is 0 Å². The van der Waals surface area contributed by atoms with Gasteiger partial charge in [-0.3, -0.25) is 9.48 Å². The molecule has 5 fully saturated rings. The van der Waals surface area contributed by atoms with E-state index in [0.29, 0.717) is 30.8 Å². The van der Waals surface area contributed by atoms with Crippen LogP contribution < -0.4 is 0 Å². The first-order chi connectivity index (χ1) is 12.3. The van der Waals surface area contributed by atoms with Gasteiger partial charge in [-0.25, -0.2) is 0 Å². The zero-order valence-electron chi connectivity index (χ0n) is 16.1. The second kappa shape index (κ2) is 5.34. The van der Waals surface area contributed by atoms with Gasteiger partial charge in [0, 0.05) is 31.4 Å². The van der Waals surface area contributed by atoms with E-state index in [1.807, 2.05) is 24.1 Å². The van der Waals surface area contributed by atoms with Crippen molar-refractivity contribution in [2.24, 2.45) is 23.8 Å². The standard InChI is InChI=1S/C21H31N3O2/c1-3-19-6-15-7-20(12-19,14-21(26,8-15)13-19)18(25)24(17-4-5-17)11-16-9-22-23(2)10-16/h9-10,15,17,26H,3-8,11-14H2,1-2H3/t15-,19+,20-,21-/m1/s1. The molecule has 1 aromatic rings. The predicted octanol–water partition coefficient (Wildman–Crippen LogP) is 3.02. The number of aromatic nitrogens is 2. The highest BCUT2D eigenvalue weighted by atomic mass is 16.3. The lowest BCUT2D eigenvalue weighted by molar-refractivity contribution is -0.210. The zero-order chi connectivity index (χ0) is 18.2. The van der Waals surface area contributed by atoms with E-state index in [2.05, 4.69) is 16.9 Å². The summed E-state index contributed by atoms with van der Waals surface area (Å²) in [6, 6.07) is 0.392. The SMILES string of the molecule is CC[C@@]12C[C@H]3C[C@@](O)(C1)C[C@@](C(=O)N(Cc1cnn(C)c1)C1CC1)(C3)C2. The van der Waals surface area contributed by atoms with E-state index in [1.54, 1.807) is 0 Å². The lowest BCUT2D eigenvalue weighted by atomic mass is 9.42. The Bertz CT molecular complexity index is 741. The van der Waals surface area contributed by atoms with E-state index in [-0.39, 0.29) is 10.8 Å². The van der Waals surface area contributed by atoms with Crippen molar-refractivity contribution in [3.05, 3.63) is 18.0 Å². The van der Waals surface area contributed by atoms with Crippen molar-refractivity contribution in [1.29, 1.82) is 0 Å². The average molecular weight is 357 g/mol. The summed E-state index contributed by atoms with van der Waals surface area (Å²) < 4.78 is 1.81. The second-order valence-corrected chi connectivity index (χ2v) is 10.1. The molecule has 26 heavy (non-hydrogen) atoms. The highest BCUT2D eigenvalue weighted by Gasteiger charge is 2.65. The molecule has 4 bridgehead atoms. The Morgan fingerprint density at radius 1 is 1.31 bits per heavy atom. The molecule has 5 saturated carbocycles. The molecule has 0 spiro atoms. The third kappa shape index (κ3) is 2.54.